The predicted molar refractivity (Wildman–Crippen MR) is 46.8 cm³/mol. The summed E-state index contributed by atoms with van der Waals surface area (Å²) in [6.45, 7) is 2.25. The Labute approximate surface area is 75.4 Å². The molecule has 0 saturated heterocycles. The average Bonchev–Trinajstić information content (AvgIpc) is 2.71. The smallest absolute Gasteiger partial charge is 0.229 e. The van der Waals surface area contributed by atoms with E-state index in [2.05, 4.69) is 4.98 Å². The Bertz CT molecular complexity index is 403. The van der Waals surface area contributed by atoms with Gasteiger partial charge in [0.15, 0.2) is 0 Å². The number of nitrogens with zero attached hydrogens (tertiary/aromatic N) is 1. The Morgan fingerprint density at radius 3 is 2.85 bits per heavy atom. The van der Waals surface area contributed by atoms with Crippen LogP contribution in [0.4, 0.5) is 0 Å². The molecule has 13 heavy (non-hydrogen) atoms. The van der Waals surface area contributed by atoms with Crippen LogP contribution in [-0.2, 0) is 6.54 Å². The summed E-state index contributed by atoms with van der Waals surface area (Å²) in [6.07, 6.45) is 3.17. The molecule has 2 N–H and O–H groups in total. The van der Waals surface area contributed by atoms with Crippen molar-refractivity contribution in [1.82, 2.24) is 4.98 Å². The number of oxazole rings is 1. The summed E-state index contributed by atoms with van der Waals surface area (Å²) in [7, 11) is 0. The SMILES string of the molecule is Cc1occc1-c1nc(CN)co1. The highest BCUT2D eigenvalue weighted by atomic mass is 16.4. The first-order valence-electron chi connectivity index (χ1n) is 4.00. The van der Waals surface area contributed by atoms with Crippen LogP contribution in [-0.4, -0.2) is 4.98 Å². The van der Waals surface area contributed by atoms with E-state index in [0.29, 0.717) is 12.4 Å². The van der Waals surface area contributed by atoms with E-state index in [1.807, 2.05) is 13.0 Å². The molecule has 68 valence electrons. The van der Waals surface area contributed by atoms with E-state index < -0.39 is 0 Å². The van der Waals surface area contributed by atoms with E-state index in [1.165, 1.54) is 0 Å². The van der Waals surface area contributed by atoms with Crippen LogP contribution in [0, 0.1) is 6.92 Å². The van der Waals surface area contributed by atoms with Crippen molar-refractivity contribution >= 4 is 0 Å². The minimum atomic E-state index is 0.389. The molecule has 0 fully saturated rings. The Morgan fingerprint density at radius 2 is 2.31 bits per heavy atom. The van der Waals surface area contributed by atoms with Crippen molar-refractivity contribution in [2.24, 2.45) is 5.73 Å². The summed E-state index contributed by atoms with van der Waals surface area (Å²) < 4.78 is 10.4. The highest BCUT2D eigenvalue weighted by molar-refractivity contribution is 5.55. The second kappa shape index (κ2) is 3.06. The molecule has 2 rings (SSSR count). The highest BCUT2D eigenvalue weighted by Crippen LogP contribution is 2.22. The van der Waals surface area contributed by atoms with Crippen molar-refractivity contribution in [3.63, 3.8) is 0 Å². The fourth-order valence-corrected chi connectivity index (χ4v) is 1.13. The number of hydrogen-bond donors (Lipinski definition) is 1. The third-order valence-corrected chi connectivity index (χ3v) is 1.85. The standard InChI is InChI=1S/C9H10N2O2/c1-6-8(2-3-12-6)9-11-7(4-10)5-13-9/h2-3,5H,4,10H2,1H3. The number of aromatic nitrogens is 1. The van der Waals surface area contributed by atoms with Gasteiger partial charge in [-0.1, -0.05) is 0 Å². The van der Waals surface area contributed by atoms with E-state index in [4.69, 9.17) is 14.6 Å². The van der Waals surface area contributed by atoms with Gasteiger partial charge in [-0.05, 0) is 13.0 Å². The van der Waals surface area contributed by atoms with Gasteiger partial charge >= 0.3 is 0 Å². The van der Waals surface area contributed by atoms with Crippen molar-refractivity contribution in [2.45, 2.75) is 13.5 Å². The monoisotopic (exact) mass is 178 g/mol. The van der Waals surface area contributed by atoms with Crippen molar-refractivity contribution in [3.05, 3.63) is 30.0 Å². The Kier molecular flexibility index (Phi) is 1.90. The fourth-order valence-electron chi connectivity index (χ4n) is 1.13. The second-order valence-electron chi connectivity index (χ2n) is 2.74. The lowest BCUT2D eigenvalue weighted by atomic mass is 10.3. The molecule has 0 saturated carbocycles. The lowest BCUT2D eigenvalue weighted by molar-refractivity contribution is 0.529. The Morgan fingerprint density at radius 1 is 1.46 bits per heavy atom. The van der Waals surface area contributed by atoms with Crippen LogP contribution in [0.2, 0.25) is 0 Å². The molecular formula is C9H10N2O2. The number of hydrogen-bond acceptors (Lipinski definition) is 4. The summed E-state index contributed by atoms with van der Waals surface area (Å²) in [6, 6.07) is 1.82. The van der Waals surface area contributed by atoms with Gasteiger partial charge < -0.3 is 14.6 Å². The zero-order valence-electron chi connectivity index (χ0n) is 7.28. The van der Waals surface area contributed by atoms with E-state index >= 15 is 0 Å². The van der Waals surface area contributed by atoms with Crippen LogP contribution in [0.3, 0.4) is 0 Å². The van der Waals surface area contributed by atoms with Crippen LogP contribution in [0.25, 0.3) is 11.5 Å². The average molecular weight is 178 g/mol. The maximum atomic E-state index is 5.41. The molecule has 0 atom stereocenters. The molecule has 2 aromatic heterocycles. The molecule has 0 spiro atoms. The molecule has 0 bridgehead atoms. The van der Waals surface area contributed by atoms with Crippen molar-refractivity contribution in [2.75, 3.05) is 0 Å². The third-order valence-electron chi connectivity index (χ3n) is 1.85. The molecule has 0 unspecified atom stereocenters. The molecule has 4 heteroatoms. The summed E-state index contributed by atoms with van der Waals surface area (Å²) >= 11 is 0. The summed E-state index contributed by atoms with van der Waals surface area (Å²) in [5, 5.41) is 0. The maximum Gasteiger partial charge on any atom is 0.229 e. The van der Waals surface area contributed by atoms with Gasteiger partial charge in [0.05, 0.1) is 17.5 Å². The number of furan rings is 1. The van der Waals surface area contributed by atoms with E-state index in [-0.39, 0.29) is 0 Å². The number of rotatable bonds is 2. The first-order valence-corrected chi connectivity index (χ1v) is 4.00. The molecule has 0 aliphatic heterocycles. The number of nitrogens with two attached hydrogens (primary N) is 1. The predicted octanol–water partition coefficient (Wildman–Crippen LogP) is 1.70. The normalized spacial score (nSPS) is 10.6. The zero-order valence-corrected chi connectivity index (χ0v) is 7.28. The van der Waals surface area contributed by atoms with Gasteiger partial charge in [0.1, 0.15) is 12.0 Å². The molecule has 0 aromatic carbocycles. The Balaban J connectivity index is 2.41. The van der Waals surface area contributed by atoms with Crippen LogP contribution in [0.15, 0.2) is 27.4 Å². The van der Waals surface area contributed by atoms with Crippen LogP contribution in [0.5, 0.6) is 0 Å². The largest absolute Gasteiger partial charge is 0.469 e. The van der Waals surface area contributed by atoms with Gasteiger partial charge in [-0.3, -0.25) is 0 Å². The van der Waals surface area contributed by atoms with Gasteiger partial charge in [-0.25, -0.2) is 4.98 Å². The van der Waals surface area contributed by atoms with Crippen LogP contribution >= 0.6 is 0 Å². The summed E-state index contributed by atoms with van der Waals surface area (Å²) in [5.41, 5.74) is 7.03. The molecule has 0 aliphatic carbocycles. The van der Waals surface area contributed by atoms with Crippen LogP contribution in [0.1, 0.15) is 11.5 Å². The second-order valence-corrected chi connectivity index (χ2v) is 2.74. The topological polar surface area (TPSA) is 65.2 Å². The third kappa shape index (κ3) is 1.36. The van der Waals surface area contributed by atoms with E-state index in [0.717, 1.165) is 17.0 Å². The fraction of sp³-hybridized carbons (Fsp3) is 0.222. The minimum Gasteiger partial charge on any atom is -0.469 e. The lowest BCUT2D eigenvalue weighted by Crippen LogP contribution is -1.95. The Hall–Kier alpha value is -1.55. The van der Waals surface area contributed by atoms with Gasteiger partial charge in [-0.15, -0.1) is 0 Å². The van der Waals surface area contributed by atoms with E-state index in [9.17, 15) is 0 Å². The molecule has 2 heterocycles. The van der Waals surface area contributed by atoms with Gasteiger partial charge in [-0.2, -0.15) is 0 Å². The quantitative estimate of drug-likeness (QED) is 0.760. The molecule has 0 amide bonds. The summed E-state index contributed by atoms with van der Waals surface area (Å²) in [4.78, 5) is 4.18. The number of aryl methyl sites for hydroxylation is 1. The van der Waals surface area contributed by atoms with E-state index in [1.54, 1.807) is 12.5 Å². The molecule has 0 radical (unpaired) electrons. The lowest BCUT2D eigenvalue weighted by Gasteiger charge is -1.89. The molecule has 0 aliphatic rings. The van der Waals surface area contributed by atoms with Crippen LogP contribution < -0.4 is 5.73 Å². The van der Waals surface area contributed by atoms with Gasteiger partial charge in [0.2, 0.25) is 5.89 Å². The molecule has 4 nitrogen and oxygen atoms in total. The first-order chi connectivity index (χ1) is 6.31. The maximum absolute atomic E-state index is 5.41. The van der Waals surface area contributed by atoms with Crippen molar-refractivity contribution in [1.29, 1.82) is 0 Å². The van der Waals surface area contributed by atoms with Crippen molar-refractivity contribution < 1.29 is 8.83 Å². The zero-order chi connectivity index (χ0) is 9.26. The van der Waals surface area contributed by atoms with Gasteiger partial charge in [0.25, 0.3) is 0 Å². The first kappa shape index (κ1) is 8.07. The van der Waals surface area contributed by atoms with Gasteiger partial charge in [0, 0.05) is 6.54 Å². The summed E-state index contributed by atoms with van der Waals surface area (Å²) in [5.74, 6) is 1.36. The highest BCUT2D eigenvalue weighted by Gasteiger charge is 2.10. The minimum absolute atomic E-state index is 0.389. The molecule has 2 aromatic rings. The van der Waals surface area contributed by atoms with Crippen molar-refractivity contribution in [3.8, 4) is 11.5 Å². The molecular weight excluding hydrogens is 168 g/mol.